The highest BCUT2D eigenvalue weighted by molar-refractivity contribution is 6.42. The summed E-state index contributed by atoms with van der Waals surface area (Å²) >= 11 is 12.2. The second-order valence-electron chi connectivity index (χ2n) is 10.4. The van der Waals surface area contributed by atoms with Gasteiger partial charge >= 0.3 is 0 Å². The Bertz CT molecular complexity index is 1750. The molecule has 3 heterocycles. The number of likely N-dealkylation sites (tertiary alicyclic amines) is 1. The number of rotatable bonds is 7. The molecular weight excluding hydrogens is 577 g/mol. The van der Waals surface area contributed by atoms with Crippen molar-refractivity contribution in [2.24, 2.45) is 11.8 Å². The number of amides is 1. The Kier molecular flexibility index (Phi) is 7.62. The second-order valence-corrected chi connectivity index (χ2v) is 11.2. The lowest BCUT2D eigenvalue weighted by Crippen LogP contribution is -2.42. The zero-order chi connectivity index (χ0) is 29.4. The lowest BCUT2D eigenvalue weighted by molar-refractivity contribution is -0.134. The van der Waals surface area contributed by atoms with Crippen LogP contribution < -0.4 is 15.2 Å². The number of benzene rings is 2. The average molecular weight is 604 g/mol. The van der Waals surface area contributed by atoms with E-state index >= 15 is 0 Å². The Balaban J connectivity index is 1.30. The van der Waals surface area contributed by atoms with Crippen LogP contribution in [0.3, 0.4) is 0 Å². The molecule has 3 unspecified atom stereocenters. The molecule has 6 rings (SSSR count). The SMILES string of the molecule is COc1cc(-c2nn(C3CCCN(C(=O)C4CC4C=CC#N)C3)c3ncnc(N)c23)ccc1Oc1ccc(Cl)c(Cl)c1. The normalized spacial score (nSPS) is 20.0. The summed E-state index contributed by atoms with van der Waals surface area (Å²) in [6.07, 6.45) is 7.17. The number of allylic oxidation sites excluding steroid dienone is 2. The number of methoxy groups -OCH3 is 1. The smallest absolute Gasteiger partial charge is 0.226 e. The highest BCUT2D eigenvalue weighted by atomic mass is 35.5. The van der Waals surface area contributed by atoms with Crippen molar-refractivity contribution in [1.29, 1.82) is 5.26 Å². The van der Waals surface area contributed by atoms with Crippen LogP contribution in [0, 0.1) is 23.2 Å². The maximum absolute atomic E-state index is 13.2. The van der Waals surface area contributed by atoms with E-state index in [9.17, 15) is 4.79 Å². The number of hydrogen-bond acceptors (Lipinski definition) is 8. The quantitative estimate of drug-likeness (QED) is 0.252. The zero-order valence-electron chi connectivity index (χ0n) is 22.7. The molecule has 1 aliphatic heterocycles. The highest BCUT2D eigenvalue weighted by Crippen LogP contribution is 2.43. The van der Waals surface area contributed by atoms with E-state index in [1.54, 1.807) is 31.4 Å². The summed E-state index contributed by atoms with van der Waals surface area (Å²) in [5.74, 6) is 1.99. The number of anilines is 1. The van der Waals surface area contributed by atoms with Gasteiger partial charge in [0.25, 0.3) is 0 Å². The van der Waals surface area contributed by atoms with Crippen molar-refractivity contribution in [2.75, 3.05) is 25.9 Å². The van der Waals surface area contributed by atoms with Gasteiger partial charge in [-0.25, -0.2) is 14.6 Å². The monoisotopic (exact) mass is 603 g/mol. The largest absolute Gasteiger partial charge is 0.493 e. The number of fused-ring (bicyclic) bond motifs is 1. The molecule has 2 aliphatic rings. The van der Waals surface area contributed by atoms with Crippen LogP contribution >= 0.6 is 23.2 Å². The molecular formula is C30H27Cl2N7O3. The number of piperidine rings is 1. The van der Waals surface area contributed by atoms with Crippen molar-refractivity contribution >= 4 is 46.0 Å². The van der Waals surface area contributed by atoms with Crippen molar-refractivity contribution in [3.8, 4) is 34.6 Å². The lowest BCUT2D eigenvalue weighted by Gasteiger charge is -2.33. The number of carbonyl (C=O) groups excluding carboxylic acids is 1. The van der Waals surface area contributed by atoms with Gasteiger partial charge in [0.1, 0.15) is 23.6 Å². The molecule has 1 amide bonds. The van der Waals surface area contributed by atoms with Gasteiger partial charge in [0.15, 0.2) is 17.1 Å². The van der Waals surface area contributed by atoms with E-state index in [2.05, 4.69) is 9.97 Å². The Hall–Kier alpha value is -4.33. The third kappa shape index (κ3) is 5.33. The first kappa shape index (κ1) is 27.8. The summed E-state index contributed by atoms with van der Waals surface area (Å²) in [5.41, 5.74) is 8.32. The zero-order valence-corrected chi connectivity index (χ0v) is 24.2. The van der Waals surface area contributed by atoms with Crippen LogP contribution in [0.2, 0.25) is 10.0 Å². The maximum atomic E-state index is 13.2. The summed E-state index contributed by atoms with van der Waals surface area (Å²) in [4.78, 5) is 23.9. The standard InChI is InChI=1S/C30H27Cl2N7O3/c1-41-25-13-18(6-9-24(25)42-20-7-8-22(31)23(32)14-20)27-26-28(34)35-16-36-29(26)39(37-27)19-5-3-11-38(15-19)30(40)21-12-17(21)4-2-10-33/h2,4,6-9,13-14,16-17,19,21H,3,5,11-12,15H2,1H3,(H2,34,35,36). The van der Waals surface area contributed by atoms with Crippen LogP contribution in [0.25, 0.3) is 22.3 Å². The minimum absolute atomic E-state index is 0.0617. The van der Waals surface area contributed by atoms with Gasteiger partial charge in [0.2, 0.25) is 5.91 Å². The van der Waals surface area contributed by atoms with Gasteiger partial charge in [-0.2, -0.15) is 10.4 Å². The summed E-state index contributed by atoms with van der Waals surface area (Å²) in [7, 11) is 1.56. The number of carbonyl (C=O) groups is 1. The highest BCUT2D eigenvalue weighted by Gasteiger charge is 2.44. The van der Waals surface area contributed by atoms with Crippen molar-refractivity contribution in [1.82, 2.24) is 24.6 Å². The molecule has 2 N–H and O–H groups in total. The fraction of sp³-hybridized carbons (Fsp3) is 0.300. The van der Waals surface area contributed by atoms with Gasteiger partial charge < -0.3 is 20.1 Å². The molecule has 0 radical (unpaired) electrons. The molecule has 0 spiro atoms. The third-order valence-electron chi connectivity index (χ3n) is 7.70. The van der Waals surface area contributed by atoms with Crippen LogP contribution in [0.4, 0.5) is 5.82 Å². The molecule has 12 heteroatoms. The number of nitrogens with zero attached hydrogens (tertiary/aromatic N) is 6. The molecule has 2 fully saturated rings. The van der Waals surface area contributed by atoms with Crippen LogP contribution in [0.5, 0.6) is 17.2 Å². The van der Waals surface area contributed by atoms with Crippen molar-refractivity contribution in [2.45, 2.75) is 25.3 Å². The lowest BCUT2D eigenvalue weighted by atomic mass is 10.0. The van der Waals surface area contributed by atoms with E-state index in [1.807, 2.05) is 33.9 Å². The fourth-order valence-electron chi connectivity index (χ4n) is 5.49. The molecule has 2 aromatic heterocycles. The fourth-order valence-corrected chi connectivity index (χ4v) is 5.77. The molecule has 1 saturated carbocycles. The van der Waals surface area contributed by atoms with Crippen molar-refractivity contribution < 1.29 is 14.3 Å². The molecule has 4 aromatic rings. The van der Waals surface area contributed by atoms with E-state index in [0.29, 0.717) is 62.9 Å². The average Bonchev–Trinajstić information content (AvgIpc) is 3.68. The maximum Gasteiger partial charge on any atom is 0.226 e. The molecule has 3 atom stereocenters. The molecule has 42 heavy (non-hydrogen) atoms. The van der Waals surface area contributed by atoms with Crippen LogP contribution in [-0.2, 0) is 4.79 Å². The van der Waals surface area contributed by atoms with Gasteiger partial charge in [0, 0.05) is 36.7 Å². The predicted molar refractivity (Wildman–Crippen MR) is 159 cm³/mol. The first-order chi connectivity index (χ1) is 20.4. The van der Waals surface area contributed by atoms with E-state index in [4.69, 9.17) is 48.8 Å². The molecule has 1 saturated heterocycles. The van der Waals surface area contributed by atoms with E-state index in [1.165, 1.54) is 12.4 Å². The van der Waals surface area contributed by atoms with Crippen molar-refractivity contribution in [3.05, 3.63) is 64.9 Å². The second kappa shape index (κ2) is 11.5. The molecule has 1 aliphatic carbocycles. The number of aromatic nitrogens is 4. The van der Waals surface area contributed by atoms with E-state index < -0.39 is 0 Å². The van der Waals surface area contributed by atoms with Gasteiger partial charge in [-0.1, -0.05) is 29.3 Å². The third-order valence-corrected chi connectivity index (χ3v) is 8.44. The van der Waals surface area contributed by atoms with Gasteiger partial charge in [-0.3, -0.25) is 4.79 Å². The first-order valence-corrected chi connectivity index (χ1v) is 14.3. The van der Waals surface area contributed by atoms with Crippen LogP contribution in [-0.4, -0.2) is 50.8 Å². The molecule has 10 nitrogen and oxygen atoms in total. The predicted octanol–water partition coefficient (Wildman–Crippen LogP) is 6.06. The molecule has 214 valence electrons. The topological polar surface area (TPSA) is 132 Å². The van der Waals surface area contributed by atoms with Gasteiger partial charge in [-0.05, 0) is 55.5 Å². The number of ether oxygens (including phenoxy) is 2. The number of nitrogens with two attached hydrogens (primary N) is 1. The number of nitriles is 1. The summed E-state index contributed by atoms with van der Waals surface area (Å²) < 4.78 is 13.5. The van der Waals surface area contributed by atoms with E-state index in [-0.39, 0.29) is 23.8 Å². The first-order valence-electron chi connectivity index (χ1n) is 13.5. The minimum atomic E-state index is -0.0840. The Labute approximate surface area is 252 Å². The van der Waals surface area contributed by atoms with Crippen molar-refractivity contribution in [3.63, 3.8) is 0 Å². The number of nitrogen functional groups attached to an aromatic ring is 1. The molecule has 0 bridgehead atoms. The number of hydrogen-bond donors (Lipinski definition) is 1. The summed E-state index contributed by atoms with van der Waals surface area (Å²) in [6, 6.07) is 12.4. The van der Waals surface area contributed by atoms with Crippen LogP contribution in [0.15, 0.2) is 54.9 Å². The summed E-state index contributed by atoms with van der Waals surface area (Å²) in [6.45, 7) is 1.21. The van der Waals surface area contributed by atoms with Crippen LogP contribution in [0.1, 0.15) is 25.3 Å². The van der Waals surface area contributed by atoms with E-state index in [0.717, 1.165) is 24.8 Å². The molecule has 2 aromatic carbocycles. The van der Waals surface area contributed by atoms with Gasteiger partial charge in [-0.15, -0.1) is 0 Å². The van der Waals surface area contributed by atoms with Gasteiger partial charge in [0.05, 0.1) is 34.7 Å². The number of halogens is 2. The Morgan fingerprint density at radius 1 is 1.17 bits per heavy atom. The summed E-state index contributed by atoms with van der Waals surface area (Å²) in [5, 5.41) is 15.2. The Morgan fingerprint density at radius 2 is 2.02 bits per heavy atom. The minimum Gasteiger partial charge on any atom is -0.493 e. The Morgan fingerprint density at radius 3 is 2.81 bits per heavy atom.